The van der Waals surface area contributed by atoms with Crippen LogP contribution in [0.3, 0.4) is 0 Å². The molecule has 0 unspecified atom stereocenters. The number of carbonyl (C=O) groups excluding carboxylic acids is 1. The van der Waals surface area contributed by atoms with Gasteiger partial charge in [0.15, 0.2) is 0 Å². The zero-order valence-corrected chi connectivity index (χ0v) is 15.7. The van der Waals surface area contributed by atoms with Crippen molar-refractivity contribution in [3.05, 3.63) is 45.4 Å². The molecule has 1 fully saturated rings. The molecule has 25 heavy (non-hydrogen) atoms. The van der Waals surface area contributed by atoms with Gasteiger partial charge in [0.25, 0.3) is 0 Å². The molecule has 1 aliphatic heterocycles. The minimum Gasteiger partial charge on any atom is -0.333 e. The third-order valence-electron chi connectivity index (χ3n) is 4.52. The molecule has 1 N–H and O–H groups in total. The number of benzene rings is 1. The zero-order chi connectivity index (χ0) is 17.2. The highest BCUT2D eigenvalue weighted by Crippen LogP contribution is 2.33. The first-order valence-corrected chi connectivity index (χ1v) is 10.1. The van der Waals surface area contributed by atoms with Crippen molar-refractivity contribution >= 4 is 38.9 Å². The zero-order valence-electron chi connectivity index (χ0n) is 14.1. The molecule has 0 bridgehead atoms. The lowest BCUT2D eigenvalue weighted by molar-refractivity contribution is 0.181. The molecule has 0 saturated carbocycles. The molecule has 5 nitrogen and oxygen atoms in total. The summed E-state index contributed by atoms with van der Waals surface area (Å²) >= 11 is 3.41. The summed E-state index contributed by atoms with van der Waals surface area (Å²) in [5, 5.41) is 5.24. The van der Waals surface area contributed by atoms with E-state index in [-0.39, 0.29) is 6.03 Å². The fourth-order valence-electron chi connectivity index (χ4n) is 3.16. The number of hydrogen-bond acceptors (Lipinski definition) is 5. The number of aromatic nitrogens is 2. The van der Waals surface area contributed by atoms with Gasteiger partial charge in [-0.25, -0.2) is 14.8 Å². The maximum absolute atomic E-state index is 12.3. The van der Waals surface area contributed by atoms with Crippen molar-refractivity contribution in [1.82, 2.24) is 20.2 Å². The Morgan fingerprint density at radius 2 is 2.08 bits per heavy atom. The normalized spacial score (nSPS) is 15.6. The molecule has 3 aromatic rings. The molecule has 0 atom stereocenters. The maximum Gasteiger partial charge on any atom is 0.317 e. The maximum atomic E-state index is 12.3. The van der Waals surface area contributed by atoms with Gasteiger partial charge in [-0.3, -0.25) is 0 Å². The molecule has 0 aliphatic carbocycles. The number of likely N-dealkylation sites (tertiary alicyclic amines) is 1. The van der Waals surface area contributed by atoms with Gasteiger partial charge in [0, 0.05) is 30.1 Å². The molecule has 0 spiro atoms. The van der Waals surface area contributed by atoms with Crippen molar-refractivity contribution in [2.24, 2.45) is 0 Å². The van der Waals surface area contributed by atoms with Gasteiger partial charge in [-0.1, -0.05) is 12.1 Å². The first-order chi connectivity index (χ1) is 12.2. The van der Waals surface area contributed by atoms with E-state index in [0.717, 1.165) is 41.3 Å². The van der Waals surface area contributed by atoms with Gasteiger partial charge in [0.2, 0.25) is 0 Å². The third-order valence-corrected chi connectivity index (χ3v) is 6.64. The number of para-hydroxylation sites is 1. The van der Waals surface area contributed by atoms with Gasteiger partial charge < -0.3 is 10.2 Å². The molecular formula is C18H20N4OS2. The van der Waals surface area contributed by atoms with E-state index in [1.165, 1.54) is 9.71 Å². The van der Waals surface area contributed by atoms with E-state index in [0.29, 0.717) is 12.5 Å². The van der Waals surface area contributed by atoms with E-state index in [1.54, 1.807) is 22.7 Å². The topological polar surface area (TPSA) is 58.1 Å². The van der Waals surface area contributed by atoms with Gasteiger partial charge in [0.1, 0.15) is 0 Å². The molecule has 2 aromatic heterocycles. The quantitative estimate of drug-likeness (QED) is 0.751. The summed E-state index contributed by atoms with van der Waals surface area (Å²) in [5.74, 6) is 0.464. The molecule has 4 rings (SSSR count). The number of rotatable bonds is 3. The SMILES string of the molecule is Cc1ncc(CNC(=O)N2CCC(c3nc4ccccc4s3)CC2)s1. The Bertz CT molecular complexity index is 847. The first kappa shape index (κ1) is 16.5. The monoisotopic (exact) mass is 372 g/mol. The Morgan fingerprint density at radius 1 is 1.28 bits per heavy atom. The molecule has 130 valence electrons. The van der Waals surface area contributed by atoms with E-state index in [4.69, 9.17) is 4.98 Å². The van der Waals surface area contributed by atoms with Crippen LogP contribution in [0, 0.1) is 6.92 Å². The summed E-state index contributed by atoms with van der Waals surface area (Å²) in [4.78, 5) is 24.4. The Morgan fingerprint density at radius 3 is 2.80 bits per heavy atom. The average molecular weight is 373 g/mol. The number of piperidine rings is 1. The molecule has 3 heterocycles. The van der Waals surface area contributed by atoms with Gasteiger partial charge in [-0.15, -0.1) is 22.7 Å². The minimum atomic E-state index is 0.0220. The molecule has 2 amide bonds. The van der Waals surface area contributed by atoms with Crippen molar-refractivity contribution in [2.75, 3.05) is 13.1 Å². The van der Waals surface area contributed by atoms with Crippen LogP contribution >= 0.6 is 22.7 Å². The van der Waals surface area contributed by atoms with Crippen molar-refractivity contribution < 1.29 is 4.79 Å². The minimum absolute atomic E-state index is 0.0220. The van der Waals surface area contributed by atoms with Crippen LogP contribution in [0.15, 0.2) is 30.5 Å². The van der Waals surface area contributed by atoms with Crippen LogP contribution in [0.4, 0.5) is 4.79 Å². The Kier molecular flexibility index (Phi) is 4.67. The van der Waals surface area contributed by atoms with Gasteiger partial charge in [0.05, 0.1) is 26.8 Å². The number of nitrogens with zero attached hydrogens (tertiary/aromatic N) is 3. The molecule has 7 heteroatoms. The highest BCUT2D eigenvalue weighted by Gasteiger charge is 2.25. The van der Waals surface area contributed by atoms with Crippen LogP contribution in [0.25, 0.3) is 10.2 Å². The Labute approximate surface area is 154 Å². The smallest absolute Gasteiger partial charge is 0.317 e. The second kappa shape index (κ2) is 7.09. The number of thiazole rings is 2. The van der Waals surface area contributed by atoms with Crippen LogP contribution < -0.4 is 5.32 Å². The molecular weight excluding hydrogens is 352 g/mol. The summed E-state index contributed by atoms with van der Waals surface area (Å²) in [5.41, 5.74) is 1.09. The summed E-state index contributed by atoms with van der Waals surface area (Å²) < 4.78 is 1.25. The van der Waals surface area contributed by atoms with E-state index in [2.05, 4.69) is 28.5 Å². The van der Waals surface area contributed by atoms with Crippen LogP contribution in [0.1, 0.15) is 33.7 Å². The standard InChI is InChI=1S/C18H20N4OS2/c1-12-19-10-14(24-12)11-20-18(23)22-8-6-13(7-9-22)17-21-15-4-2-3-5-16(15)25-17/h2-5,10,13H,6-9,11H2,1H3,(H,20,23). The third kappa shape index (κ3) is 3.67. The largest absolute Gasteiger partial charge is 0.333 e. The Balaban J connectivity index is 1.32. The van der Waals surface area contributed by atoms with E-state index in [1.807, 2.05) is 24.1 Å². The summed E-state index contributed by atoms with van der Waals surface area (Å²) in [6, 6.07) is 8.30. The lowest BCUT2D eigenvalue weighted by Crippen LogP contribution is -2.43. The predicted molar refractivity (Wildman–Crippen MR) is 102 cm³/mol. The van der Waals surface area contributed by atoms with E-state index >= 15 is 0 Å². The van der Waals surface area contributed by atoms with Crippen molar-refractivity contribution in [1.29, 1.82) is 0 Å². The van der Waals surface area contributed by atoms with Crippen LogP contribution in [0.5, 0.6) is 0 Å². The number of fused-ring (bicyclic) bond motifs is 1. The van der Waals surface area contributed by atoms with Crippen LogP contribution in [-0.4, -0.2) is 34.0 Å². The number of aryl methyl sites for hydroxylation is 1. The molecule has 1 saturated heterocycles. The van der Waals surface area contributed by atoms with Crippen molar-refractivity contribution in [2.45, 2.75) is 32.2 Å². The summed E-state index contributed by atoms with van der Waals surface area (Å²) in [6.07, 6.45) is 3.79. The molecule has 1 aliphatic rings. The highest BCUT2D eigenvalue weighted by molar-refractivity contribution is 7.18. The molecule has 0 radical (unpaired) electrons. The molecule has 1 aromatic carbocycles. The number of urea groups is 1. The van der Waals surface area contributed by atoms with E-state index in [9.17, 15) is 4.79 Å². The second-order valence-electron chi connectivity index (χ2n) is 6.29. The summed E-state index contributed by atoms with van der Waals surface area (Å²) in [6.45, 7) is 4.10. The van der Waals surface area contributed by atoms with Gasteiger partial charge >= 0.3 is 6.03 Å². The number of nitrogens with one attached hydrogen (secondary N) is 1. The summed E-state index contributed by atoms with van der Waals surface area (Å²) in [7, 11) is 0. The fourth-order valence-corrected chi connectivity index (χ4v) is 5.03. The first-order valence-electron chi connectivity index (χ1n) is 8.48. The highest BCUT2D eigenvalue weighted by atomic mass is 32.1. The Hall–Kier alpha value is -1.99. The van der Waals surface area contributed by atoms with Crippen molar-refractivity contribution in [3.8, 4) is 0 Å². The van der Waals surface area contributed by atoms with Crippen molar-refractivity contribution in [3.63, 3.8) is 0 Å². The fraction of sp³-hybridized carbons (Fsp3) is 0.389. The number of carbonyl (C=O) groups is 1. The lowest BCUT2D eigenvalue weighted by atomic mass is 9.98. The second-order valence-corrected chi connectivity index (χ2v) is 8.67. The van der Waals surface area contributed by atoms with Crippen LogP contribution in [-0.2, 0) is 6.54 Å². The van der Waals surface area contributed by atoms with Gasteiger partial charge in [-0.2, -0.15) is 0 Å². The van der Waals surface area contributed by atoms with E-state index < -0.39 is 0 Å². The number of amides is 2. The predicted octanol–water partition coefficient (Wildman–Crippen LogP) is 4.15. The van der Waals surface area contributed by atoms with Crippen LogP contribution in [0.2, 0.25) is 0 Å². The average Bonchev–Trinajstić information content (AvgIpc) is 3.25. The number of hydrogen-bond donors (Lipinski definition) is 1. The lowest BCUT2D eigenvalue weighted by Gasteiger charge is -2.31. The van der Waals surface area contributed by atoms with Gasteiger partial charge in [-0.05, 0) is 31.9 Å².